The van der Waals surface area contributed by atoms with Gasteiger partial charge < -0.3 is 19.8 Å². The number of methoxy groups -OCH3 is 2. The standard InChI is InChI=1S/C15H21N3O2/c1-18-12(6-7-16)10-17-15(18)9-11-4-5-13(19-2)14(8-11)20-3/h4-5,8,10H,6-7,9,16H2,1-3H3. The third kappa shape index (κ3) is 2.93. The molecule has 0 atom stereocenters. The molecule has 0 aliphatic rings. The fourth-order valence-corrected chi connectivity index (χ4v) is 2.21. The summed E-state index contributed by atoms with van der Waals surface area (Å²) in [6.45, 7) is 0.634. The van der Waals surface area contributed by atoms with Gasteiger partial charge in [0.2, 0.25) is 0 Å². The van der Waals surface area contributed by atoms with Gasteiger partial charge in [0.15, 0.2) is 11.5 Å². The molecule has 0 bridgehead atoms. The van der Waals surface area contributed by atoms with Crippen molar-refractivity contribution < 1.29 is 9.47 Å². The summed E-state index contributed by atoms with van der Waals surface area (Å²) < 4.78 is 12.7. The van der Waals surface area contributed by atoms with Crippen molar-refractivity contribution in [1.82, 2.24) is 9.55 Å². The quantitative estimate of drug-likeness (QED) is 0.868. The maximum absolute atomic E-state index is 5.59. The van der Waals surface area contributed by atoms with E-state index < -0.39 is 0 Å². The van der Waals surface area contributed by atoms with Gasteiger partial charge in [-0.3, -0.25) is 0 Å². The lowest BCUT2D eigenvalue weighted by Crippen LogP contribution is -2.08. The maximum Gasteiger partial charge on any atom is 0.161 e. The van der Waals surface area contributed by atoms with Crippen LogP contribution in [0.1, 0.15) is 17.1 Å². The molecule has 5 heteroatoms. The minimum Gasteiger partial charge on any atom is -0.493 e. The highest BCUT2D eigenvalue weighted by atomic mass is 16.5. The normalized spacial score (nSPS) is 10.6. The second kappa shape index (κ2) is 6.43. The van der Waals surface area contributed by atoms with E-state index in [4.69, 9.17) is 15.2 Å². The fraction of sp³-hybridized carbons (Fsp3) is 0.400. The Hall–Kier alpha value is -2.01. The van der Waals surface area contributed by atoms with E-state index in [9.17, 15) is 0 Å². The summed E-state index contributed by atoms with van der Waals surface area (Å²) in [6.07, 6.45) is 3.49. The molecule has 108 valence electrons. The molecule has 2 N–H and O–H groups in total. The molecule has 2 rings (SSSR count). The first-order valence-electron chi connectivity index (χ1n) is 6.60. The van der Waals surface area contributed by atoms with Crippen LogP contribution in [-0.4, -0.2) is 30.3 Å². The summed E-state index contributed by atoms with van der Waals surface area (Å²) in [4.78, 5) is 4.46. The van der Waals surface area contributed by atoms with Gasteiger partial charge in [0.05, 0.1) is 14.2 Å². The third-order valence-electron chi connectivity index (χ3n) is 3.39. The van der Waals surface area contributed by atoms with Gasteiger partial charge >= 0.3 is 0 Å². The fourth-order valence-electron chi connectivity index (χ4n) is 2.21. The molecule has 0 amide bonds. The van der Waals surface area contributed by atoms with E-state index in [0.29, 0.717) is 6.54 Å². The Morgan fingerprint density at radius 1 is 1.20 bits per heavy atom. The Labute approximate surface area is 119 Å². The Morgan fingerprint density at radius 3 is 2.60 bits per heavy atom. The van der Waals surface area contributed by atoms with Gasteiger partial charge in [0.1, 0.15) is 5.82 Å². The first kappa shape index (κ1) is 14.4. The number of imidazole rings is 1. The third-order valence-corrected chi connectivity index (χ3v) is 3.39. The average Bonchev–Trinajstić information content (AvgIpc) is 2.80. The van der Waals surface area contributed by atoms with Crippen LogP contribution < -0.4 is 15.2 Å². The zero-order valence-corrected chi connectivity index (χ0v) is 12.2. The number of hydrogen-bond acceptors (Lipinski definition) is 4. The predicted molar refractivity (Wildman–Crippen MR) is 78.3 cm³/mol. The minimum atomic E-state index is 0.634. The Kier molecular flexibility index (Phi) is 4.63. The predicted octanol–water partition coefficient (Wildman–Crippen LogP) is 1.53. The number of nitrogens with zero attached hydrogens (tertiary/aromatic N) is 2. The molecule has 2 aromatic rings. The molecule has 0 saturated heterocycles. The zero-order valence-electron chi connectivity index (χ0n) is 12.2. The van der Waals surface area contributed by atoms with Crippen molar-refractivity contribution in [2.45, 2.75) is 12.8 Å². The molecule has 1 aromatic carbocycles. The van der Waals surface area contributed by atoms with Gasteiger partial charge in [-0.15, -0.1) is 0 Å². The summed E-state index contributed by atoms with van der Waals surface area (Å²) in [5, 5.41) is 0. The molecule has 0 fully saturated rings. The van der Waals surface area contributed by atoms with Gasteiger partial charge in [0.25, 0.3) is 0 Å². The van der Waals surface area contributed by atoms with Crippen molar-refractivity contribution in [2.75, 3.05) is 20.8 Å². The van der Waals surface area contributed by atoms with Crippen LogP contribution in [0, 0.1) is 0 Å². The Morgan fingerprint density at radius 2 is 1.95 bits per heavy atom. The van der Waals surface area contributed by atoms with E-state index in [1.165, 1.54) is 0 Å². The monoisotopic (exact) mass is 275 g/mol. The number of nitrogens with two attached hydrogens (primary N) is 1. The van der Waals surface area contributed by atoms with Crippen molar-refractivity contribution in [1.29, 1.82) is 0 Å². The van der Waals surface area contributed by atoms with E-state index in [2.05, 4.69) is 9.55 Å². The topological polar surface area (TPSA) is 62.3 Å². The van der Waals surface area contributed by atoms with E-state index in [-0.39, 0.29) is 0 Å². The first-order chi connectivity index (χ1) is 9.69. The van der Waals surface area contributed by atoms with E-state index in [0.717, 1.165) is 41.4 Å². The number of benzene rings is 1. The molecule has 5 nitrogen and oxygen atoms in total. The molecule has 0 unspecified atom stereocenters. The Bertz CT molecular complexity index is 578. The maximum atomic E-state index is 5.59. The molecule has 1 heterocycles. The second-order valence-electron chi connectivity index (χ2n) is 4.63. The summed E-state index contributed by atoms with van der Waals surface area (Å²) in [5.74, 6) is 2.49. The van der Waals surface area contributed by atoms with Crippen molar-refractivity contribution in [3.8, 4) is 11.5 Å². The van der Waals surface area contributed by atoms with E-state index in [1.807, 2.05) is 31.4 Å². The van der Waals surface area contributed by atoms with Crippen molar-refractivity contribution >= 4 is 0 Å². The van der Waals surface area contributed by atoms with Gasteiger partial charge in [-0.05, 0) is 24.2 Å². The summed E-state index contributed by atoms with van der Waals surface area (Å²) >= 11 is 0. The van der Waals surface area contributed by atoms with Gasteiger partial charge in [-0.1, -0.05) is 6.07 Å². The van der Waals surface area contributed by atoms with Crippen LogP contribution in [0.3, 0.4) is 0 Å². The highest BCUT2D eigenvalue weighted by Gasteiger charge is 2.09. The van der Waals surface area contributed by atoms with Crippen LogP contribution >= 0.6 is 0 Å². The van der Waals surface area contributed by atoms with Crippen molar-refractivity contribution in [3.63, 3.8) is 0 Å². The number of rotatable bonds is 6. The smallest absolute Gasteiger partial charge is 0.161 e. The number of hydrogen-bond donors (Lipinski definition) is 1. The molecule has 0 spiro atoms. The molecule has 1 aromatic heterocycles. The van der Waals surface area contributed by atoms with E-state index in [1.54, 1.807) is 14.2 Å². The second-order valence-corrected chi connectivity index (χ2v) is 4.63. The van der Waals surface area contributed by atoms with Gasteiger partial charge in [-0.25, -0.2) is 4.98 Å². The lowest BCUT2D eigenvalue weighted by molar-refractivity contribution is 0.354. The van der Waals surface area contributed by atoms with Gasteiger partial charge in [0, 0.05) is 31.8 Å². The van der Waals surface area contributed by atoms with Crippen LogP contribution in [0.25, 0.3) is 0 Å². The minimum absolute atomic E-state index is 0.634. The molecular weight excluding hydrogens is 254 g/mol. The van der Waals surface area contributed by atoms with Crippen molar-refractivity contribution in [3.05, 3.63) is 41.5 Å². The van der Waals surface area contributed by atoms with E-state index >= 15 is 0 Å². The highest BCUT2D eigenvalue weighted by molar-refractivity contribution is 5.43. The molecule has 0 aliphatic heterocycles. The zero-order chi connectivity index (χ0) is 14.5. The van der Waals surface area contributed by atoms with Crippen molar-refractivity contribution in [2.24, 2.45) is 12.8 Å². The number of aromatic nitrogens is 2. The molecule has 0 aliphatic carbocycles. The lowest BCUT2D eigenvalue weighted by Gasteiger charge is -2.10. The van der Waals surface area contributed by atoms with Crippen LogP contribution in [0.4, 0.5) is 0 Å². The first-order valence-corrected chi connectivity index (χ1v) is 6.60. The summed E-state index contributed by atoms with van der Waals surface area (Å²) in [6, 6.07) is 5.92. The SMILES string of the molecule is COc1ccc(Cc2ncc(CCN)n2C)cc1OC. The Balaban J connectivity index is 2.21. The lowest BCUT2D eigenvalue weighted by atomic mass is 10.1. The van der Waals surface area contributed by atoms with Crippen LogP contribution in [-0.2, 0) is 19.9 Å². The molecule has 20 heavy (non-hydrogen) atoms. The van der Waals surface area contributed by atoms with Gasteiger partial charge in [-0.2, -0.15) is 0 Å². The largest absolute Gasteiger partial charge is 0.493 e. The molecule has 0 radical (unpaired) electrons. The summed E-state index contributed by atoms with van der Waals surface area (Å²) in [5.41, 5.74) is 7.88. The molecule has 0 saturated carbocycles. The highest BCUT2D eigenvalue weighted by Crippen LogP contribution is 2.28. The van der Waals surface area contributed by atoms with Crippen LogP contribution in [0.15, 0.2) is 24.4 Å². The van der Waals surface area contributed by atoms with Crippen LogP contribution in [0.5, 0.6) is 11.5 Å². The average molecular weight is 275 g/mol. The molecular formula is C15H21N3O2. The summed E-state index contributed by atoms with van der Waals surface area (Å²) in [7, 11) is 5.30. The number of ether oxygens (including phenoxy) is 2. The van der Waals surface area contributed by atoms with Crippen LogP contribution in [0.2, 0.25) is 0 Å².